The lowest BCUT2D eigenvalue weighted by Gasteiger charge is -2.03. The van der Waals surface area contributed by atoms with Crippen molar-refractivity contribution in [3.8, 4) is 11.3 Å². The van der Waals surface area contributed by atoms with Crippen LogP contribution in [-0.2, 0) is 17.8 Å². The minimum atomic E-state index is -0.162. The molecule has 3 heterocycles. The van der Waals surface area contributed by atoms with E-state index in [1.807, 2.05) is 23.6 Å². The molecule has 10 heteroatoms. The summed E-state index contributed by atoms with van der Waals surface area (Å²) in [5, 5.41) is 17.5. The number of rotatable bonds is 8. The molecule has 0 saturated carbocycles. The highest BCUT2D eigenvalue weighted by Crippen LogP contribution is 2.25. The number of aryl methyl sites for hydroxylation is 1. The predicted molar refractivity (Wildman–Crippen MR) is 112 cm³/mol. The van der Waals surface area contributed by atoms with E-state index in [0.29, 0.717) is 16.8 Å². The molecule has 3 aromatic heterocycles. The molecule has 0 aliphatic carbocycles. The van der Waals surface area contributed by atoms with Gasteiger partial charge < -0.3 is 9.73 Å². The number of aromatic nitrogens is 5. The molecule has 0 bridgehead atoms. The second kappa shape index (κ2) is 9.01. The molecular weight excluding hydrogens is 408 g/mol. The van der Waals surface area contributed by atoms with Gasteiger partial charge in [-0.05, 0) is 34.5 Å². The third-order valence-electron chi connectivity index (χ3n) is 4.13. The molecule has 4 rings (SSSR count). The van der Waals surface area contributed by atoms with Gasteiger partial charge in [0, 0.05) is 10.9 Å². The van der Waals surface area contributed by atoms with Crippen molar-refractivity contribution in [2.24, 2.45) is 0 Å². The minimum Gasteiger partial charge on any atom is -0.467 e. The molecule has 29 heavy (non-hydrogen) atoms. The lowest BCUT2D eigenvalue weighted by molar-refractivity contribution is -0.113. The predicted octanol–water partition coefficient (Wildman–Crippen LogP) is 3.73. The number of anilines is 1. The van der Waals surface area contributed by atoms with Crippen molar-refractivity contribution in [1.82, 2.24) is 25.2 Å². The average molecular weight is 427 g/mol. The van der Waals surface area contributed by atoms with Gasteiger partial charge in [-0.2, -0.15) is 0 Å². The van der Waals surface area contributed by atoms with Gasteiger partial charge in [-0.1, -0.05) is 43.0 Å². The highest BCUT2D eigenvalue weighted by molar-refractivity contribution is 7.99. The summed E-state index contributed by atoms with van der Waals surface area (Å²) in [6.07, 6.45) is 2.60. The molecule has 0 radical (unpaired) electrons. The van der Waals surface area contributed by atoms with Gasteiger partial charge in [0.1, 0.15) is 12.3 Å². The Morgan fingerprint density at radius 2 is 2.14 bits per heavy atom. The summed E-state index contributed by atoms with van der Waals surface area (Å²) in [4.78, 5) is 16.8. The second-order valence-electron chi connectivity index (χ2n) is 6.12. The fraction of sp³-hybridized carbons (Fsp3) is 0.211. The number of tetrazole rings is 1. The number of benzene rings is 1. The van der Waals surface area contributed by atoms with Gasteiger partial charge >= 0.3 is 0 Å². The number of carbonyl (C=O) groups is 1. The van der Waals surface area contributed by atoms with Gasteiger partial charge in [0.05, 0.1) is 17.7 Å². The van der Waals surface area contributed by atoms with Crippen LogP contribution in [0.2, 0.25) is 0 Å². The molecule has 0 saturated heterocycles. The maximum absolute atomic E-state index is 12.3. The second-order valence-corrected chi connectivity index (χ2v) is 7.92. The normalized spacial score (nSPS) is 10.9. The Hall–Kier alpha value is -2.98. The summed E-state index contributed by atoms with van der Waals surface area (Å²) in [6.45, 7) is 2.54. The van der Waals surface area contributed by atoms with E-state index >= 15 is 0 Å². The first-order valence-corrected chi connectivity index (χ1v) is 10.8. The first-order valence-electron chi connectivity index (χ1n) is 8.97. The molecule has 0 fully saturated rings. The van der Waals surface area contributed by atoms with Crippen molar-refractivity contribution in [3.05, 3.63) is 59.4 Å². The fourth-order valence-electron chi connectivity index (χ4n) is 2.61. The van der Waals surface area contributed by atoms with Crippen molar-refractivity contribution in [2.45, 2.75) is 25.0 Å². The van der Waals surface area contributed by atoms with Crippen molar-refractivity contribution in [1.29, 1.82) is 0 Å². The fourth-order valence-corrected chi connectivity index (χ4v) is 4.02. The molecule has 0 unspecified atom stereocenters. The van der Waals surface area contributed by atoms with Gasteiger partial charge in [-0.25, -0.2) is 9.67 Å². The Kier molecular flexibility index (Phi) is 6.01. The molecule has 148 valence electrons. The van der Waals surface area contributed by atoms with Crippen molar-refractivity contribution in [3.63, 3.8) is 0 Å². The van der Waals surface area contributed by atoms with Crippen LogP contribution in [0.4, 0.5) is 5.13 Å². The zero-order chi connectivity index (χ0) is 20.1. The zero-order valence-corrected chi connectivity index (χ0v) is 17.2. The molecule has 1 N–H and O–H groups in total. The summed E-state index contributed by atoms with van der Waals surface area (Å²) in [7, 11) is 0. The standard InChI is InChI=1S/C19H18N6O2S2/c1-2-13-5-7-14(8-6-13)16-11-28-18(20-16)21-17(26)12-29-19-22-23-24-25(19)10-15-4-3-9-27-15/h3-9,11H,2,10,12H2,1H3,(H,20,21,26). The number of thioether (sulfide) groups is 1. The Morgan fingerprint density at radius 1 is 1.28 bits per heavy atom. The molecule has 0 aliphatic heterocycles. The third kappa shape index (κ3) is 4.90. The van der Waals surface area contributed by atoms with E-state index in [4.69, 9.17) is 4.42 Å². The molecule has 0 spiro atoms. The van der Waals surface area contributed by atoms with E-state index in [9.17, 15) is 4.79 Å². The first kappa shape index (κ1) is 19.3. The summed E-state index contributed by atoms with van der Waals surface area (Å²) < 4.78 is 6.90. The third-order valence-corrected chi connectivity index (χ3v) is 5.84. The number of hydrogen-bond acceptors (Lipinski definition) is 8. The van der Waals surface area contributed by atoms with Gasteiger partial charge in [-0.15, -0.1) is 16.4 Å². The summed E-state index contributed by atoms with van der Waals surface area (Å²) >= 11 is 2.66. The number of nitrogens with zero attached hydrogens (tertiary/aromatic N) is 5. The van der Waals surface area contributed by atoms with E-state index in [2.05, 4.69) is 44.9 Å². The Bertz CT molecular complexity index is 1070. The summed E-state index contributed by atoms with van der Waals surface area (Å²) in [5.41, 5.74) is 3.16. The quantitative estimate of drug-likeness (QED) is 0.429. The van der Waals surface area contributed by atoms with Crippen LogP contribution in [0.15, 0.2) is 57.6 Å². The molecular formula is C19H18N6O2S2. The summed E-state index contributed by atoms with van der Waals surface area (Å²) in [5.74, 6) is 0.759. The maximum atomic E-state index is 12.3. The van der Waals surface area contributed by atoms with Crippen LogP contribution in [0.5, 0.6) is 0 Å². The van der Waals surface area contributed by atoms with E-state index in [-0.39, 0.29) is 11.7 Å². The van der Waals surface area contributed by atoms with Crippen molar-refractivity contribution < 1.29 is 9.21 Å². The molecule has 4 aromatic rings. The van der Waals surface area contributed by atoms with Gasteiger partial charge in [-0.3, -0.25) is 4.79 Å². The van der Waals surface area contributed by atoms with Crippen LogP contribution in [0, 0.1) is 0 Å². The van der Waals surface area contributed by atoms with Crippen LogP contribution < -0.4 is 5.32 Å². The van der Waals surface area contributed by atoms with Gasteiger partial charge in [0.25, 0.3) is 0 Å². The van der Waals surface area contributed by atoms with Crippen LogP contribution >= 0.6 is 23.1 Å². The van der Waals surface area contributed by atoms with Crippen LogP contribution in [0.1, 0.15) is 18.2 Å². The van der Waals surface area contributed by atoms with Crippen molar-refractivity contribution in [2.75, 3.05) is 11.1 Å². The van der Waals surface area contributed by atoms with Gasteiger partial charge in [0.15, 0.2) is 5.13 Å². The molecule has 1 aromatic carbocycles. The van der Waals surface area contributed by atoms with Crippen LogP contribution in [0.25, 0.3) is 11.3 Å². The number of nitrogens with one attached hydrogen (secondary N) is 1. The largest absolute Gasteiger partial charge is 0.467 e. The van der Waals surface area contributed by atoms with E-state index < -0.39 is 0 Å². The van der Waals surface area contributed by atoms with Crippen LogP contribution in [-0.4, -0.2) is 36.9 Å². The Balaban J connectivity index is 1.32. The van der Waals surface area contributed by atoms with Crippen molar-refractivity contribution >= 4 is 34.1 Å². The monoisotopic (exact) mass is 426 g/mol. The van der Waals surface area contributed by atoms with E-state index in [0.717, 1.165) is 23.4 Å². The number of amides is 1. The van der Waals surface area contributed by atoms with Gasteiger partial charge in [0.2, 0.25) is 11.1 Å². The molecule has 0 aliphatic rings. The number of thiazole rings is 1. The lowest BCUT2D eigenvalue weighted by atomic mass is 10.1. The SMILES string of the molecule is CCc1ccc(-c2csc(NC(=O)CSc3nnnn3Cc3ccco3)n2)cc1. The number of furan rings is 1. The maximum Gasteiger partial charge on any atom is 0.236 e. The lowest BCUT2D eigenvalue weighted by Crippen LogP contribution is -2.14. The van der Waals surface area contributed by atoms with E-state index in [1.54, 1.807) is 17.0 Å². The topological polar surface area (TPSA) is 98.7 Å². The Morgan fingerprint density at radius 3 is 2.90 bits per heavy atom. The average Bonchev–Trinajstić information content (AvgIpc) is 3.50. The molecule has 0 atom stereocenters. The zero-order valence-electron chi connectivity index (χ0n) is 15.6. The Labute approximate surface area is 175 Å². The minimum absolute atomic E-state index is 0.162. The molecule has 8 nitrogen and oxygen atoms in total. The number of carbonyl (C=O) groups excluding carboxylic acids is 1. The molecule has 1 amide bonds. The van der Waals surface area contributed by atoms with E-state index in [1.165, 1.54) is 28.7 Å². The summed E-state index contributed by atoms with van der Waals surface area (Å²) in [6, 6.07) is 11.9. The van der Waals surface area contributed by atoms with Crippen LogP contribution in [0.3, 0.4) is 0 Å². The first-order chi connectivity index (χ1) is 14.2. The highest BCUT2D eigenvalue weighted by Gasteiger charge is 2.13. The number of hydrogen-bond donors (Lipinski definition) is 1. The highest BCUT2D eigenvalue weighted by atomic mass is 32.2. The smallest absolute Gasteiger partial charge is 0.236 e.